The average Bonchev–Trinajstić information content (AvgIpc) is 2.95. The highest BCUT2D eigenvalue weighted by molar-refractivity contribution is 5.81. The zero-order chi connectivity index (χ0) is 11.1. The first-order valence-electron chi connectivity index (χ1n) is 5.81. The summed E-state index contributed by atoms with van der Waals surface area (Å²) in [5.41, 5.74) is -0.485. The molecule has 0 radical (unpaired) electrons. The highest BCUT2D eigenvalue weighted by atomic mass is 16.3. The molecule has 2 fully saturated rings. The largest absolute Gasteiger partial charge is 0.387 e. The number of likely N-dealkylation sites (N-methyl/N-ethyl adjacent to an activating group) is 1. The van der Waals surface area contributed by atoms with Crippen LogP contribution in [0.3, 0.4) is 0 Å². The first-order valence-corrected chi connectivity index (χ1v) is 5.81. The van der Waals surface area contributed by atoms with Gasteiger partial charge in [0.15, 0.2) is 0 Å². The molecule has 0 aromatic heterocycles. The Labute approximate surface area is 90.6 Å². The van der Waals surface area contributed by atoms with E-state index >= 15 is 0 Å². The van der Waals surface area contributed by atoms with Crippen LogP contribution >= 0.6 is 0 Å². The fraction of sp³-hybridized carbons (Fsp3) is 0.909. The normalized spacial score (nSPS) is 26.9. The fourth-order valence-corrected chi connectivity index (χ4v) is 2.30. The van der Waals surface area contributed by atoms with E-state index < -0.39 is 5.60 Å². The summed E-state index contributed by atoms with van der Waals surface area (Å²) in [5.74, 6) is 0.561. The van der Waals surface area contributed by atoms with Crippen molar-refractivity contribution in [1.29, 1.82) is 0 Å². The number of β-amino-alcohol motifs (C(OH)–C–C–N with tert-alkyl or cyclic N) is 1. The molecule has 1 aliphatic heterocycles. The van der Waals surface area contributed by atoms with Crippen molar-refractivity contribution in [2.75, 3.05) is 19.6 Å². The van der Waals surface area contributed by atoms with E-state index in [1.807, 2.05) is 18.7 Å². The lowest BCUT2D eigenvalue weighted by molar-refractivity contribution is -0.147. The molecule has 86 valence electrons. The summed E-state index contributed by atoms with van der Waals surface area (Å²) in [6.45, 7) is 5.81. The monoisotopic (exact) mass is 212 g/mol. The molecule has 1 aliphatic carbocycles. The fourth-order valence-electron chi connectivity index (χ4n) is 2.30. The average molecular weight is 212 g/mol. The zero-order valence-electron chi connectivity index (χ0n) is 9.49. The second-order valence-corrected chi connectivity index (χ2v) is 4.85. The summed E-state index contributed by atoms with van der Waals surface area (Å²) in [5, 5.41) is 12.9. The summed E-state index contributed by atoms with van der Waals surface area (Å²) < 4.78 is 0. The number of carbonyl (C=O) groups is 1. The molecular weight excluding hydrogens is 192 g/mol. The molecular formula is C11H20N2O2. The summed E-state index contributed by atoms with van der Waals surface area (Å²) in [7, 11) is 0. The number of nitrogens with one attached hydrogen (secondary N) is 1. The van der Waals surface area contributed by atoms with Crippen LogP contribution in [-0.4, -0.2) is 47.2 Å². The minimum atomic E-state index is -0.485. The summed E-state index contributed by atoms with van der Waals surface area (Å²) >= 11 is 0. The summed E-state index contributed by atoms with van der Waals surface area (Å²) in [6, 6.07) is -0.107. The maximum absolute atomic E-state index is 11.5. The third-order valence-corrected chi connectivity index (χ3v) is 3.57. The van der Waals surface area contributed by atoms with E-state index in [4.69, 9.17) is 0 Å². The molecule has 1 saturated carbocycles. The second-order valence-electron chi connectivity index (χ2n) is 4.85. The molecule has 1 atom stereocenters. The Bertz CT molecular complexity index is 257. The highest BCUT2D eigenvalue weighted by Crippen LogP contribution is 2.44. The minimum Gasteiger partial charge on any atom is -0.387 e. The van der Waals surface area contributed by atoms with E-state index in [1.165, 1.54) is 0 Å². The molecule has 1 unspecified atom stereocenters. The molecule has 0 spiro atoms. The van der Waals surface area contributed by atoms with Gasteiger partial charge in [-0.3, -0.25) is 9.69 Å². The molecule has 4 heteroatoms. The second kappa shape index (κ2) is 3.76. The lowest BCUT2D eigenvalue weighted by Gasteiger charge is -2.49. The zero-order valence-corrected chi connectivity index (χ0v) is 9.49. The lowest BCUT2D eigenvalue weighted by atomic mass is 9.87. The van der Waals surface area contributed by atoms with Crippen molar-refractivity contribution in [2.24, 2.45) is 5.92 Å². The van der Waals surface area contributed by atoms with Crippen LogP contribution in [0.15, 0.2) is 0 Å². The molecule has 1 heterocycles. The van der Waals surface area contributed by atoms with Crippen LogP contribution in [0.4, 0.5) is 0 Å². The molecule has 0 aromatic carbocycles. The topological polar surface area (TPSA) is 52.6 Å². The van der Waals surface area contributed by atoms with Crippen molar-refractivity contribution in [1.82, 2.24) is 10.2 Å². The van der Waals surface area contributed by atoms with Gasteiger partial charge in [0, 0.05) is 19.6 Å². The molecule has 2 N–H and O–H groups in total. The van der Waals surface area contributed by atoms with Gasteiger partial charge < -0.3 is 10.4 Å². The summed E-state index contributed by atoms with van der Waals surface area (Å²) in [4.78, 5) is 13.6. The van der Waals surface area contributed by atoms with Crippen LogP contribution in [0.5, 0.6) is 0 Å². The first kappa shape index (κ1) is 10.9. The predicted molar refractivity (Wildman–Crippen MR) is 57.4 cm³/mol. The number of likely N-dealkylation sites (tertiary alicyclic amines) is 1. The van der Waals surface area contributed by atoms with Crippen molar-refractivity contribution < 1.29 is 9.90 Å². The smallest absolute Gasteiger partial charge is 0.237 e. The predicted octanol–water partition coefficient (Wildman–Crippen LogP) is -0.0323. The van der Waals surface area contributed by atoms with Gasteiger partial charge in [0.05, 0.1) is 11.6 Å². The minimum absolute atomic E-state index is 0.0651. The number of hydrogen-bond donors (Lipinski definition) is 2. The van der Waals surface area contributed by atoms with Crippen molar-refractivity contribution in [2.45, 2.75) is 38.3 Å². The Morgan fingerprint density at radius 3 is 2.67 bits per heavy atom. The van der Waals surface area contributed by atoms with Crippen molar-refractivity contribution >= 4 is 5.91 Å². The Morgan fingerprint density at radius 2 is 2.20 bits per heavy atom. The van der Waals surface area contributed by atoms with E-state index in [-0.39, 0.29) is 11.9 Å². The van der Waals surface area contributed by atoms with Crippen molar-refractivity contribution in [3.05, 3.63) is 0 Å². The first-order chi connectivity index (χ1) is 7.07. The summed E-state index contributed by atoms with van der Waals surface area (Å²) in [6.07, 6.45) is 2.31. The van der Waals surface area contributed by atoms with Crippen LogP contribution < -0.4 is 5.32 Å². The number of carbonyl (C=O) groups excluding carboxylic acids is 1. The van der Waals surface area contributed by atoms with Gasteiger partial charge in [-0.15, -0.1) is 0 Å². The van der Waals surface area contributed by atoms with Crippen molar-refractivity contribution in [3.8, 4) is 0 Å². The van der Waals surface area contributed by atoms with Gasteiger partial charge in [0.25, 0.3) is 0 Å². The van der Waals surface area contributed by atoms with Crippen LogP contribution in [0.1, 0.15) is 26.7 Å². The van der Waals surface area contributed by atoms with Gasteiger partial charge in [-0.2, -0.15) is 0 Å². The highest BCUT2D eigenvalue weighted by Gasteiger charge is 2.53. The van der Waals surface area contributed by atoms with Crippen LogP contribution in [0, 0.1) is 5.92 Å². The lowest BCUT2D eigenvalue weighted by Crippen LogP contribution is -2.67. The number of rotatable bonds is 4. The van der Waals surface area contributed by atoms with E-state index in [2.05, 4.69) is 5.32 Å². The number of nitrogens with zero attached hydrogens (tertiary/aromatic N) is 1. The van der Waals surface area contributed by atoms with Crippen LogP contribution in [0.25, 0.3) is 0 Å². The molecule has 1 amide bonds. The van der Waals surface area contributed by atoms with Crippen LogP contribution in [-0.2, 0) is 4.79 Å². The third kappa shape index (κ3) is 2.01. The molecule has 0 aromatic rings. The van der Waals surface area contributed by atoms with Gasteiger partial charge in [0.2, 0.25) is 5.91 Å². The van der Waals surface area contributed by atoms with Gasteiger partial charge in [-0.05, 0) is 32.6 Å². The quantitative estimate of drug-likeness (QED) is 0.688. The number of hydrogen-bond acceptors (Lipinski definition) is 3. The van der Waals surface area contributed by atoms with E-state index in [0.717, 1.165) is 12.8 Å². The molecule has 2 rings (SSSR count). The number of amides is 1. The Balaban J connectivity index is 1.80. The molecule has 1 saturated heterocycles. The van der Waals surface area contributed by atoms with E-state index in [1.54, 1.807) is 0 Å². The van der Waals surface area contributed by atoms with Gasteiger partial charge in [0.1, 0.15) is 0 Å². The Kier molecular flexibility index (Phi) is 2.73. The third-order valence-electron chi connectivity index (χ3n) is 3.57. The van der Waals surface area contributed by atoms with E-state index in [0.29, 0.717) is 25.6 Å². The maximum atomic E-state index is 11.5. The molecule has 4 nitrogen and oxygen atoms in total. The number of aliphatic hydroxyl groups is 1. The standard InChI is InChI=1S/C11H20N2O2/c1-3-12-10(14)8(2)13-6-11(15,7-13)9-4-5-9/h8-9,15H,3-7H2,1-2H3,(H,12,14). The van der Waals surface area contributed by atoms with Gasteiger partial charge in [-0.1, -0.05) is 0 Å². The van der Waals surface area contributed by atoms with Crippen LogP contribution in [0.2, 0.25) is 0 Å². The molecule has 15 heavy (non-hydrogen) atoms. The SMILES string of the molecule is CCNC(=O)C(C)N1CC(O)(C2CC2)C1. The van der Waals surface area contributed by atoms with Gasteiger partial charge in [-0.25, -0.2) is 0 Å². The molecule has 2 aliphatic rings. The van der Waals surface area contributed by atoms with E-state index in [9.17, 15) is 9.90 Å². The van der Waals surface area contributed by atoms with Crippen molar-refractivity contribution in [3.63, 3.8) is 0 Å². The molecule has 0 bridgehead atoms. The maximum Gasteiger partial charge on any atom is 0.237 e. The Morgan fingerprint density at radius 1 is 1.60 bits per heavy atom. The Hall–Kier alpha value is -0.610. The van der Waals surface area contributed by atoms with Gasteiger partial charge >= 0.3 is 0 Å².